The molecule has 0 spiro atoms. The summed E-state index contributed by atoms with van der Waals surface area (Å²) in [7, 11) is 1.48. The second kappa shape index (κ2) is 6.09. The number of carbonyl (C=O) groups is 2. The average molecular weight is 325 g/mol. The zero-order chi connectivity index (χ0) is 17.3. The van der Waals surface area contributed by atoms with Gasteiger partial charge in [0, 0.05) is 12.1 Å². The number of nitrogens with zero attached hydrogens (tertiary/aromatic N) is 1. The van der Waals surface area contributed by atoms with Gasteiger partial charge in [0.1, 0.15) is 5.75 Å². The summed E-state index contributed by atoms with van der Waals surface area (Å²) < 4.78 is 5.20. The summed E-state index contributed by atoms with van der Waals surface area (Å²) in [6.45, 7) is 2.27. The maximum atomic E-state index is 12.7. The van der Waals surface area contributed by atoms with Gasteiger partial charge in [-0.3, -0.25) is 9.59 Å². The van der Waals surface area contributed by atoms with E-state index in [1.165, 1.54) is 12.0 Å². The lowest BCUT2D eigenvalue weighted by Crippen LogP contribution is -2.41. The molecule has 1 amide bonds. The summed E-state index contributed by atoms with van der Waals surface area (Å²) in [6.07, 6.45) is -0.320. The van der Waals surface area contributed by atoms with Gasteiger partial charge < -0.3 is 14.7 Å². The van der Waals surface area contributed by atoms with Crippen molar-refractivity contribution in [3.63, 3.8) is 0 Å². The van der Waals surface area contributed by atoms with Crippen LogP contribution in [0.15, 0.2) is 48.5 Å². The third-order valence-electron chi connectivity index (χ3n) is 4.38. The molecule has 0 saturated heterocycles. The lowest BCUT2D eigenvalue weighted by molar-refractivity contribution is -0.135. The van der Waals surface area contributed by atoms with Crippen molar-refractivity contribution >= 4 is 17.4 Å². The first-order valence-corrected chi connectivity index (χ1v) is 7.83. The highest BCUT2D eigenvalue weighted by Crippen LogP contribution is 2.43. The van der Waals surface area contributed by atoms with E-state index in [4.69, 9.17) is 4.74 Å². The molecule has 5 nitrogen and oxygen atoms in total. The number of Topliss-reactive ketones (excluding diaryl/α,β-unsaturated/α-hetero) is 1. The number of fused-ring (bicyclic) bond motifs is 1. The number of para-hydroxylation sites is 2. The summed E-state index contributed by atoms with van der Waals surface area (Å²) >= 11 is 0. The Morgan fingerprint density at radius 3 is 2.54 bits per heavy atom. The van der Waals surface area contributed by atoms with E-state index in [-0.39, 0.29) is 12.2 Å². The predicted molar refractivity (Wildman–Crippen MR) is 90.3 cm³/mol. The molecule has 124 valence electrons. The minimum Gasteiger partial charge on any atom is -0.496 e. The minimum atomic E-state index is -1.84. The van der Waals surface area contributed by atoms with E-state index >= 15 is 0 Å². The number of hydrogen-bond donors (Lipinski definition) is 1. The van der Waals surface area contributed by atoms with Gasteiger partial charge in [0.25, 0.3) is 5.91 Å². The van der Waals surface area contributed by atoms with Crippen molar-refractivity contribution in [2.45, 2.75) is 18.9 Å². The SMILES string of the molecule is CCN1C(=O)[C@](O)(CC(=O)c2ccccc2OC)c2ccccc21. The number of ether oxygens (including phenoxy) is 1. The van der Waals surface area contributed by atoms with Gasteiger partial charge in [0.15, 0.2) is 11.4 Å². The first-order chi connectivity index (χ1) is 11.5. The van der Waals surface area contributed by atoms with Crippen molar-refractivity contribution in [3.8, 4) is 5.75 Å². The Morgan fingerprint density at radius 2 is 1.83 bits per heavy atom. The van der Waals surface area contributed by atoms with Crippen LogP contribution < -0.4 is 9.64 Å². The molecule has 0 bridgehead atoms. The van der Waals surface area contributed by atoms with Crippen LogP contribution >= 0.6 is 0 Å². The number of anilines is 1. The van der Waals surface area contributed by atoms with E-state index in [1.807, 2.05) is 13.0 Å². The number of hydrogen-bond acceptors (Lipinski definition) is 4. The molecule has 3 rings (SSSR count). The Bertz CT molecular complexity index is 801. The van der Waals surface area contributed by atoms with Crippen LogP contribution in [0.2, 0.25) is 0 Å². The molecule has 0 aliphatic carbocycles. The minimum absolute atomic E-state index is 0.320. The zero-order valence-corrected chi connectivity index (χ0v) is 13.7. The highest BCUT2D eigenvalue weighted by atomic mass is 16.5. The van der Waals surface area contributed by atoms with Gasteiger partial charge in [0.2, 0.25) is 0 Å². The van der Waals surface area contributed by atoms with Gasteiger partial charge in [-0.2, -0.15) is 0 Å². The first-order valence-electron chi connectivity index (χ1n) is 7.83. The number of carbonyl (C=O) groups excluding carboxylic acids is 2. The standard InChI is InChI=1S/C19H19NO4/c1-3-20-15-10-6-5-9-14(15)19(23,18(20)22)12-16(21)13-8-4-7-11-17(13)24-2/h4-11,23H,3,12H2,1-2H3/t19-/m0/s1. The topological polar surface area (TPSA) is 66.8 Å². The van der Waals surface area contributed by atoms with Crippen LogP contribution in [0.3, 0.4) is 0 Å². The largest absolute Gasteiger partial charge is 0.496 e. The van der Waals surface area contributed by atoms with E-state index in [9.17, 15) is 14.7 Å². The second-order valence-electron chi connectivity index (χ2n) is 5.73. The van der Waals surface area contributed by atoms with E-state index < -0.39 is 11.5 Å². The Balaban J connectivity index is 2.00. The number of ketones is 1. The molecule has 1 aliphatic heterocycles. The van der Waals surface area contributed by atoms with Crippen molar-refractivity contribution in [3.05, 3.63) is 59.7 Å². The fraction of sp³-hybridized carbons (Fsp3) is 0.263. The zero-order valence-electron chi connectivity index (χ0n) is 13.7. The summed E-state index contributed by atoms with van der Waals surface area (Å²) in [5.74, 6) is -0.373. The molecule has 2 aromatic rings. The van der Waals surface area contributed by atoms with Crippen LogP contribution in [0.1, 0.15) is 29.3 Å². The van der Waals surface area contributed by atoms with Crippen LogP contribution in [-0.2, 0) is 10.4 Å². The number of amides is 1. The maximum absolute atomic E-state index is 12.7. The maximum Gasteiger partial charge on any atom is 0.264 e. The molecule has 1 atom stereocenters. The molecule has 1 heterocycles. The third kappa shape index (κ3) is 2.37. The van der Waals surface area contributed by atoms with Crippen molar-refractivity contribution in [1.29, 1.82) is 0 Å². The highest BCUT2D eigenvalue weighted by Gasteiger charge is 2.50. The Morgan fingerprint density at radius 1 is 1.17 bits per heavy atom. The van der Waals surface area contributed by atoms with Crippen molar-refractivity contribution in [2.75, 3.05) is 18.6 Å². The molecule has 0 saturated carbocycles. The van der Waals surface area contributed by atoms with Crippen LogP contribution in [0.4, 0.5) is 5.69 Å². The van der Waals surface area contributed by atoms with Gasteiger partial charge >= 0.3 is 0 Å². The monoisotopic (exact) mass is 325 g/mol. The lowest BCUT2D eigenvalue weighted by atomic mass is 9.88. The highest BCUT2D eigenvalue weighted by molar-refractivity contribution is 6.11. The third-order valence-corrected chi connectivity index (χ3v) is 4.38. The Labute approximate surface area is 140 Å². The molecule has 24 heavy (non-hydrogen) atoms. The van der Waals surface area contributed by atoms with Crippen LogP contribution in [0.25, 0.3) is 0 Å². The fourth-order valence-electron chi connectivity index (χ4n) is 3.19. The average Bonchev–Trinajstić information content (AvgIpc) is 2.82. The van der Waals surface area contributed by atoms with E-state index in [0.717, 1.165) is 0 Å². The predicted octanol–water partition coefficient (Wildman–Crippen LogP) is 2.52. The van der Waals surface area contributed by atoms with Gasteiger partial charge in [0.05, 0.1) is 24.8 Å². The van der Waals surface area contributed by atoms with Crippen molar-refractivity contribution in [1.82, 2.24) is 0 Å². The molecule has 2 aromatic carbocycles. The molecule has 1 N–H and O–H groups in total. The normalized spacial score (nSPS) is 19.3. The van der Waals surface area contributed by atoms with E-state index in [1.54, 1.807) is 42.5 Å². The molecule has 0 aromatic heterocycles. The lowest BCUT2D eigenvalue weighted by Gasteiger charge is -2.22. The molecule has 0 unspecified atom stereocenters. The van der Waals surface area contributed by atoms with E-state index in [0.29, 0.717) is 29.1 Å². The summed E-state index contributed by atoms with van der Waals surface area (Å²) in [4.78, 5) is 27.0. The molecule has 0 fully saturated rings. The van der Waals surface area contributed by atoms with Gasteiger partial charge in [-0.15, -0.1) is 0 Å². The number of rotatable bonds is 5. The van der Waals surface area contributed by atoms with E-state index in [2.05, 4.69) is 0 Å². The molecule has 1 aliphatic rings. The van der Waals surface area contributed by atoms with Gasteiger partial charge in [-0.25, -0.2) is 0 Å². The van der Waals surface area contributed by atoms with Crippen LogP contribution in [0, 0.1) is 0 Å². The second-order valence-corrected chi connectivity index (χ2v) is 5.73. The summed E-state index contributed by atoms with van der Waals surface area (Å²) in [5, 5.41) is 11.1. The number of methoxy groups -OCH3 is 1. The summed E-state index contributed by atoms with van der Waals surface area (Å²) in [5.41, 5.74) is -0.362. The first kappa shape index (κ1) is 16.2. The molecular weight excluding hydrogens is 306 g/mol. The molecule has 5 heteroatoms. The molecule has 0 radical (unpaired) electrons. The number of benzene rings is 2. The Hall–Kier alpha value is -2.66. The number of likely N-dealkylation sites (N-methyl/N-ethyl adjacent to an activating group) is 1. The van der Waals surface area contributed by atoms with Gasteiger partial charge in [-0.1, -0.05) is 30.3 Å². The van der Waals surface area contributed by atoms with Crippen molar-refractivity contribution < 1.29 is 19.4 Å². The Kier molecular flexibility index (Phi) is 4.11. The van der Waals surface area contributed by atoms with Crippen LogP contribution in [-0.4, -0.2) is 30.5 Å². The number of aliphatic hydroxyl groups is 1. The quantitative estimate of drug-likeness (QED) is 0.858. The molecular formula is C19H19NO4. The van der Waals surface area contributed by atoms with Crippen molar-refractivity contribution in [2.24, 2.45) is 0 Å². The van der Waals surface area contributed by atoms with Crippen LogP contribution in [0.5, 0.6) is 5.75 Å². The fourth-order valence-corrected chi connectivity index (χ4v) is 3.19. The van der Waals surface area contributed by atoms with Gasteiger partial charge in [-0.05, 0) is 25.1 Å². The summed E-state index contributed by atoms with van der Waals surface area (Å²) in [6, 6.07) is 13.8. The smallest absolute Gasteiger partial charge is 0.264 e.